The van der Waals surface area contributed by atoms with Crippen LogP contribution in [0.2, 0.25) is 0 Å². The molecule has 1 heterocycles. The normalized spacial score (nSPS) is 16.0. The lowest BCUT2D eigenvalue weighted by molar-refractivity contribution is -0.384. The molecular formula is C19H18N2O7. The maximum atomic E-state index is 12.5. The molecule has 0 saturated carbocycles. The Balaban J connectivity index is 1.78. The van der Waals surface area contributed by atoms with E-state index in [-0.39, 0.29) is 36.1 Å². The highest BCUT2D eigenvalue weighted by atomic mass is 16.6. The summed E-state index contributed by atoms with van der Waals surface area (Å²) in [4.78, 5) is 36.7. The molecule has 0 N–H and O–H groups in total. The van der Waals surface area contributed by atoms with Crippen LogP contribution in [0, 0.1) is 16.0 Å². The van der Waals surface area contributed by atoms with Crippen LogP contribution in [0.1, 0.15) is 6.42 Å². The van der Waals surface area contributed by atoms with Gasteiger partial charge in [0, 0.05) is 19.0 Å². The van der Waals surface area contributed by atoms with Crippen LogP contribution in [0.15, 0.2) is 42.5 Å². The number of amides is 1. The number of rotatable bonds is 6. The van der Waals surface area contributed by atoms with E-state index >= 15 is 0 Å². The van der Waals surface area contributed by atoms with Crippen molar-refractivity contribution in [3.8, 4) is 17.2 Å². The summed E-state index contributed by atoms with van der Waals surface area (Å²) in [7, 11) is 2.82. The molecule has 0 radical (unpaired) electrons. The van der Waals surface area contributed by atoms with E-state index in [1.165, 1.54) is 37.3 Å². The van der Waals surface area contributed by atoms with Gasteiger partial charge in [0.2, 0.25) is 5.91 Å². The smallest absolute Gasteiger partial charge is 0.316 e. The zero-order chi connectivity index (χ0) is 20.3. The number of nitro groups is 1. The summed E-state index contributed by atoms with van der Waals surface area (Å²) in [5.41, 5.74) is 0.213. The molecule has 1 aliphatic rings. The van der Waals surface area contributed by atoms with Crippen LogP contribution in [0.25, 0.3) is 0 Å². The van der Waals surface area contributed by atoms with Crippen molar-refractivity contribution in [2.24, 2.45) is 5.92 Å². The minimum atomic E-state index is -0.683. The van der Waals surface area contributed by atoms with Gasteiger partial charge < -0.3 is 19.1 Å². The lowest BCUT2D eigenvalue weighted by atomic mass is 10.1. The second kappa shape index (κ2) is 7.95. The quantitative estimate of drug-likeness (QED) is 0.325. The fraction of sp³-hybridized carbons (Fsp3) is 0.263. The zero-order valence-corrected chi connectivity index (χ0v) is 15.3. The molecular weight excluding hydrogens is 368 g/mol. The number of nitro benzene ring substituents is 1. The van der Waals surface area contributed by atoms with Crippen molar-refractivity contribution in [2.75, 3.05) is 25.7 Å². The third kappa shape index (κ3) is 3.73. The third-order valence-corrected chi connectivity index (χ3v) is 4.40. The van der Waals surface area contributed by atoms with Crippen molar-refractivity contribution in [3.63, 3.8) is 0 Å². The SMILES string of the molecule is COc1ccccc1OC(=O)[C@@H]1CC(=O)N(c2ccc([N+](=O)[O-])cc2OC)C1. The average molecular weight is 386 g/mol. The van der Waals surface area contributed by atoms with Gasteiger partial charge in [-0.25, -0.2) is 0 Å². The lowest BCUT2D eigenvalue weighted by Crippen LogP contribution is -2.27. The topological polar surface area (TPSA) is 108 Å². The van der Waals surface area contributed by atoms with E-state index < -0.39 is 16.8 Å². The zero-order valence-electron chi connectivity index (χ0n) is 15.3. The molecule has 1 saturated heterocycles. The highest BCUT2D eigenvalue weighted by molar-refractivity contribution is 6.01. The predicted molar refractivity (Wildman–Crippen MR) is 98.7 cm³/mol. The number of non-ortho nitro benzene ring substituents is 1. The molecule has 1 amide bonds. The first-order chi connectivity index (χ1) is 13.4. The first-order valence-corrected chi connectivity index (χ1v) is 8.42. The number of anilines is 1. The number of ether oxygens (including phenoxy) is 3. The Morgan fingerprint density at radius 2 is 1.79 bits per heavy atom. The van der Waals surface area contributed by atoms with Crippen molar-refractivity contribution in [1.82, 2.24) is 0 Å². The predicted octanol–water partition coefficient (Wildman–Crippen LogP) is 2.57. The number of carbonyl (C=O) groups excluding carboxylic acids is 2. The van der Waals surface area contributed by atoms with Crippen molar-refractivity contribution in [1.29, 1.82) is 0 Å². The van der Waals surface area contributed by atoms with Gasteiger partial charge in [-0.3, -0.25) is 19.7 Å². The van der Waals surface area contributed by atoms with Crippen LogP contribution in [0.5, 0.6) is 17.2 Å². The third-order valence-electron chi connectivity index (χ3n) is 4.40. The maximum absolute atomic E-state index is 12.5. The van der Waals surface area contributed by atoms with Crippen LogP contribution >= 0.6 is 0 Å². The molecule has 146 valence electrons. The van der Waals surface area contributed by atoms with E-state index in [0.717, 1.165) is 0 Å². The summed E-state index contributed by atoms with van der Waals surface area (Å²) < 4.78 is 15.7. The molecule has 28 heavy (non-hydrogen) atoms. The molecule has 9 heteroatoms. The first-order valence-electron chi connectivity index (χ1n) is 8.42. The highest BCUT2D eigenvalue weighted by Gasteiger charge is 2.38. The summed E-state index contributed by atoms with van der Waals surface area (Å²) in [6.07, 6.45) is -0.0336. The molecule has 0 unspecified atom stereocenters. The lowest BCUT2D eigenvalue weighted by Gasteiger charge is -2.19. The van der Waals surface area contributed by atoms with Gasteiger partial charge >= 0.3 is 5.97 Å². The fourth-order valence-corrected chi connectivity index (χ4v) is 3.00. The largest absolute Gasteiger partial charge is 0.494 e. The molecule has 9 nitrogen and oxygen atoms in total. The van der Waals surface area contributed by atoms with E-state index in [1.54, 1.807) is 24.3 Å². The number of benzene rings is 2. The van der Waals surface area contributed by atoms with Crippen LogP contribution in [0.3, 0.4) is 0 Å². The molecule has 1 fully saturated rings. The van der Waals surface area contributed by atoms with Gasteiger partial charge in [0.25, 0.3) is 5.69 Å². The van der Waals surface area contributed by atoms with Crippen LogP contribution in [0.4, 0.5) is 11.4 Å². The van der Waals surface area contributed by atoms with Crippen LogP contribution in [-0.4, -0.2) is 37.6 Å². The maximum Gasteiger partial charge on any atom is 0.316 e. The minimum Gasteiger partial charge on any atom is -0.494 e. The fourth-order valence-electron chi connectivity index (χ4n) is 3.00. The Hall–Kier alpha value is -3.62. The molecule has 1 atom stereocenters. The van der Waals surface area contributed by atoms with Gasteiger partial charge in [-0.1, -0.05) is 12.1 Å². The molecule has 1 aliphatic heterocycles. The van der Waals surface area contributed by atoms with Gasteiger partial charge in [0.15, 0.2) is 11.5 Å². The van der Waals surface area contributed by atoms with Gasteiger partial charge in [-0.2, -0.15) is 0 Å². The molecule has 0 spiro atoms. The van der Waals surface area contributed by atoms with Crippen molar-refractivity contribution >= 4 is 23.3 Å². The minimum absolute atomic E-state index is 0.0336. The van der Waals surface area contributed by atoms with Gasteiger partial charge in [-0.15, -0.1) is 0 Å². The summed E-state index contributed by atoms with van der Waals surface area (Å²) in [6.45, 7) is 0.0843. The summed E-state index contributed by atoms with van der Waals surface area (Å²) >= 11 is 0. The Bertz CT molecular complexity index is 928. The standard InChI is InChI=1S/C19H18N2O7/c1-26-15-5-3-4-6-16(15)28-19(23)12-9-18(22)20(11-12)14-8-7-13(21(24)25)10-17(14)27-2/h3-8,10,12H,9,11H2,1-2H3/t12-/m1/s1. The van der Waals surface area contributed by atoms with Crippen LogP contribution in [-0.2, 0) is 9.59 Å². The average Bonchev–Trinajstić information content (AvgIpc) is 3.09. The Kier molecular flexibility index (Phi) is 5.44. The summed E-state index contributed by atoms with van der Waals surface area (Å²) in [5, 5.41) is 10.9. The summed E-state index contributed by atoms with van der Waals surface area (Å²) in [5.74, 6) is -0.670. The van der Waals surface area contributed by atoms with Crippen LogP contribution < -0.4 is 19.1 Å². The van der Waals surface area contributed by atoms with E-state index in [4.69, 9.17) is 14.2 Å². The van der Waals surface area contributed by atoms with E-state index in [9.17, 15) is 19.7 Å². The molecule has 2 aromatic rings. The Morgan fingerprint density at radius 3 is 2.43 bits per heavy atom. The monoisotopic (exact) mass is 386 g/mol. The van der Waals surface area contributed by atoms with Gasteiger partial charge in [0.05, 0.1) is 36.8 Å². The molecule has 0 bridgehead atoms. The number of carbonyl (C=O) groups is 2. The highest BCUT2D eigenvalue weighted by Crippen LogP contribution is 2.36. The Labute approximate surface area is 160 Å². The number of para-hydroxylation sites is 2. The number of hydrogen-bond donors (Lipinski definition) is 0. The Morgan fingerprint density at radius 1 is 1.11 bits per heavy atom. The number of nitrogens with zero attached hydrogens (tertiary/aromatic N) is 2. The molecule has 0 aromatic heterocycles. The second-order valence-electron chi connectivity index (χ2n) is 6.09. The van der Waals surface area contributed by atoms with Crippen molar-refractivity contribution in [3.05, 3.63) is 52.6 Å². The van der Waals surface area contributed by atoms with E-state index in [2.05, 4.69) is 0 Å². The van der Waals surface area contributed by atoms with Crippen molar-refractivity contribution in [2.45, 2.75) is 6.42 Å². The number of hydrogen-bond acceptors (Lipinski definition) is 7. The molecule has 3 rings (SSSR count). The van der Waals surface area contributed by atoms with Gasteiger partial charge in [-0.05, 0) is 18.2 Å². The first kappa shape index (κ1) is 19.2. The van der Waals surface area contributed by atoms with E-state index in [0.29, 0.717) is 11.4 Å². The molecule has 0 aliphatic carbocycles. The van der Waals surface area contributed by atoms with Crippen molar-refractivity contribution < 1.29 is 28.7 Å². The molecule has 2 aromatic carbocycles. The van der Waals surface area contributed by atoms with Gasteiger partial charge in [0.1, 0.15) is 5.75 Å². The number of esters is 1. The van der Waals surface area contributed by atoms with E-state index in [1.807, 2.05) is 0 Å². The number of methoxy groups -OCH3 is 2. The summed E-state index contributed by atoms with van der Waals surface area (Å²) in [6, 6.07) is 10.7. The second-order valence-corrected chi connectivity index (χ2v) is 6.09.